The SMILES string of the molecule is Cc1cc(NC(=O)CN2CCN(C(C)c3nnc(-c4cccc(Cl)c4)o3)CC2)no1. The van der Waals surface area contributed by atoms with Crippen molar-refractivity contribution >= 4 is 23.3 Å². The minimum atomic E-state index is -0.104. The van der Waals surface area contributed by atoms with Gasteiger partial charge in [-0.1, -0.05) is 22.8 Å². The number of carbonyl (C=O) groups is 1. The first-order valence-corrected chi connectivity index (χ1v) is 10.1. The normalized spacial score (nSPS) is 16.5. The molecule has 1 atom stereocenters. The number of nitrogens with one attached hydrogen (secondary N) is 1. The Balaban J connectivity index is 1.29. The van der Waals surface area contributed by atoms with Gasteiger partial charge in [0.05, 0.1) is 12.6 Å². The van der Waals surface area contributed by atoms with Gasteiger partial charge in [-0.2, -0.15) is 0 Å². The monoisotopic (exact) mass is 430 g/mol. The van der Waals surface area contributed by atoms with E-state index in [0.717, 1.165) is 31.7 Å². The number of aryl methyl sites for hydroxylation is 1. The highest BCUT2D eigenvalue weighted by atomic mass is 35.5. The van der Waals surface area contributed by atoms with Crippen molar-refractivity contribution < 1.29 is 13.7 Å². The van der Waals surface area contributed by atoms with Gasteiger partial charge >= 0.3 is 0 Å². The molecule has 0 saturated carbocycles. The largest absolute Gasteiger partial charge is 0.419 e. The van der Waals surface area contributed by atoms with Crippen LogP contribution in [-0.2, 0) is 4.79 Å². The summed E-state index contributed by atoms with van der Waals surface area (Å²) in [6, 6.07) is 9.02. The predicted octanol–water partition coefficient (Wildman–Crippen LogP) is 3.00. The van der Waals surface area contributed by atoms with Crippen LogP contribution in [0.15, 0.2) is 39.3 Å². The van der Waals surface area contributed by atoms with Gasteiger partial charge in [0.25, 0.3) is 0 Å². The van der Waals surface area contributed by atoms with Crippen molar-refractivity contribution in [2.45, 2.75) is 19.9 Å². The number of rotatable bonds is 6. The third-order valence-corrected chi connectivity index (χ3v) is 5.32. The highest BCUT2D eigenvalue weighted by molar-refractivity contribution is 6.30. The summed E-state index contributed by atoms with van der Waals surface area (Å²) in [7, 11) is 0. The van der Waals surface area contributed by atoms with Gasteiger partial charge in [-0.25, -0.2) is 0 Å². The Labute approximate surface area is 179 Å². The Hall–Kier alpha value is -2.75. The summed E-state index contributed by atoms with van der Waals surface area (Å²) in [5.74, 6) is 2.02. The van der Waals surface area contributed by atoms with Crippen LogP contribution < -0.4 is 5.32 Å². The fourth-order valence-corrected chi connectivity index (χ4v) is 3.61. The molecule has 1 N–H and O–H groups in total. The molecule has 4 rings (SSSR count). The first-order valence-electron chi connectivity index (χ1n) is 9.77. The fraction of sp³-hybridized carbons (Fsp3) is 0.400. The van der Waals surface area contributed by atoms with E-state index in [9.17, 15) is 4.79 Å². The zero-order valence-electron chi connectivity index (χ0n) is 16.8. The van der Waals surface area contributed by atoms with Crippen LogP contribution in [-0.4, -0.2) is 63.8 Å². The van der Waals surface area contributed by atoms with Gasteiger partial charge in [0.2, 0.25) is 17.7 Å². The Kier molecular flexibility index (Phi) is 6.12. The summed E-state index contributed by atoms with van der Waals surface area (Å²) in [4.78, 5) is 16.6. The average molecular weight is 431 g/mol. The number of halogens is 1. The van der Waals surface area contributed by atoms with Crippen LogP contribution in [0.5, 0.6) is 0 Å². The van der Waals surface area contributed by atoms with Gasteiger partial charge in [0.15, 0.2) is 5.82 Å². The van der Waals surface area contributed by atoms with Gasteiger partial charge < -0.3 is 14.3 Å². The van der Waals surface area contributed by atoms with Crippen molar-refractivity contribution in [2.75, 3.05) is 38.0 Å². The van der Waals surface area contributed by atoms with Crippen LogP contribution in [0.4, 0.5) is 5.82 Å². The summed E-state index contributed by atoms with van der Waals surface area (Å²) in [6.07, 6.45) is 0. The van der Waals surface area contributed by atoms with E-state index in [1.807, 2.05) is 19.1 Å². The first kappa shape index (κ1) is 20.5. The second kappa shape index (κ2) is 8.95. The Morgan fingerprint density at radius 2 is 2.03 bits per heavy atom. The van der Waals surface area contributed by atoms with Crippen molar-refractivity contribution in [1.29, 1.82) is 0 Å². The zero-order chi connectivity index (χ0) is 21.1. The highest BCUT2D eigenvalue weighted by Gasteiger charge is 2.26. The van der Waals surface area contributed by atoms with E-state index in [1.165, 1.54) is 0 Å². The van der Waals surface area contributed by atoms with Crippen LogP contribution in [0.3, 0.4) is 0 Å². The van der Waals surface area contributed by atoms with E-state index < -0.39 is 0 Å². The number of nitrogens with zero attached hydrogens (tertiary/aromatic N) is 5. The zero-order valence-corrected chi connectivity index (χ0v) is 17.6. The van der Waals surface area contributed by atoms with E-state index in [1.54, 1.807) is 25.1 Å². The lowest BCUT2D eigenvalue weighted by Crippen LogP contribution is -2.49. The van der Waals surface area contributed by atoms with E-state index in [-0.39, 0.29) is 11.9 Å². The molecule has 3 heterocycles. The van der Waals surface area contributed by atoms with Gasteiger partial charge in [0.1, 0.15) is 5.76 Å². The molecule has 2 aromatic heterocycles. The summed E-state index contributed by atoms with van der Waals surface area (Å²) in [6.45, 7) is 7.27. The summed E-state index contributed by atoms with van der Waals surface area (Å²) < 4.78 is 10.8. The van der Waals surface area contributed by atoms with Gasteiger partial charge in [-0.15, -0.1) is 10.2 Å². The minimum Gasteiger partial charge on any atom is -0.419 e. The first-order chi connectivity index (χ1) is 14.5. The number of benzene rings is 1. The maximum absolute atomic E-state index is 12.2. The molecule has 3 aromatic rings. The number of hydrogen-bond acceptors (Lipinski definition) is 8. The number of anilines is 1. The molecule has 1 fully saturated rings. The molecular weight excluding hydrogens is 408 g/mol. The molecule has 1 aliphatic rings. The number of amides is 1. The fourth-order valence-electron chi connectivity index (χ4n) is 3.42. The minimum absolute atomic E-state index is 0.0143. The van der Waals surface area contributed by atoms with E-state index in [2.05, 4.69) is 30.5 Å². The average Bonchev–Trinajstić information content (AvgIpc) is 3.37. The Bertz CT molecular complexity index is 1010. The number of carbonyl (C=O) groups excluding carboxylic acids is 1. The second-order valence-corrected chi connectivity index (χ2v) is 7.75. The highest BCUT2D eigenvalue weighted by Crippen LogP contribution is 2.26. The third kappa shape index (κ3) is 4.86. The number of piperazine rings is 1. The number of aromatic nitrogens is 3. The van der Waals surface area contributed by atoms with Crippen LogP contribution >= 0.6 is 11.6 Å². The molecule has 0 spiro atoms. The molecular formula is C20H23ClN6O3. The molecule has 1 aliphatic heterocycles. The molecule has 158 valence electrons. The van der Waals surface area contributed by atoms with E-state index in [4.69, 9.17) is 20.5 Å². The lowest BCUT2D eigenvalue weighted by molar-refractivity contribution is -0.117. The van der Waals surface area contributed by atoms with Gasteiger partial charge in [-0.05, 0) is 32.0 Å². The predicted molar refractivity (Wildman–Crippen MR) is 111 cm³/mol. The van der Waals surface area contributed by atoms with Crippen molar-refractivity contribution in [2.24, 2.45) is 0 Å². The molecule has 1 unspecified atom stereocenters. The molecule has 30 heavy (non-hydrogen) atoms. The lowest BCUT2D eigenvalue weighted by Gasteiger charge is -2.36. The van der Waals surface area contributed by atoms with Crippen LogP contribution in [0.2, 0.25) is 5.02 Å². The summed E-state index contributed by atoms with van der Waals surface area (Å²) in [5.41, 5.74) is 0.798. The van der Waals surface area contributed by atoms with Crippen molar-refractivity contribution in [1.82, 2.24) is 25.2 Å². The van der Waals surface area contributed by atoms with Gasteiger partial charge in [0, 0.05) is 42.8 Å². The standard InChI is InChI=1S/C20H23ClN6O3/c1-13-10-17(25-30-13)22-18(28)12-26-6-8-27(9-7-26)14(2)19-23-24-20(29-19)15-4-3-5-16(21)11-15/h3-5,10-11,14H,6-9,12H2,1-2H3,(H,22,25,28). The molecule has 1 saturated heterocycles. The van der Waals surface area contributed by atoms with Crippen LogP contribution in [0, 0.1) is 6.92 Å². The Morgan fingerprint density at radius 1 is 1.23 bits per heavy atom. The lowest BCUT2D eigenvalue weighted by atomic mass is 10.2. The Morgan fingerprint density at radius 3 is 2.73 bits per heavy atom. The molecule has 9 nitrogen and oxygen atoms in total. The third-order valence-electron chi connectivity index (χ3n) is 5.09. The van der Waals surface area contributed by atoms with Crippen molar-refractivity contribution in [3.8, 4) is 11.5 Å². The maximum Gasteiger partial charge on any atom is 0.247 e. The molecule has 10 heteroatoms. The summed E-state index contributed by atoms with van der Waals surface area (Å²) in [5, 5.41) is 15.5. The topological polar surface area (TPSA) is 101 Å². The number of hydrogen-bond donors (Lipinski definition) is 1. The van der Waals surface area contributed by atoms with E-state index in [0.29, 0.717) is 34.9 Å². The van der Waals surface area contributed by atoms with E-state index >= 15 is 0 Å². The van der Waals surface area contributed by atoms with Crippen molar-refractivity contribution in [3.05, 3.63) is 47.0 Å². The maximum atomic E-state index is 12.2. The van der Waals surface area contributed by atoms with Crippen LogP contribution in [0.25, 0.3) is 11.5 Å². The smallest absolute Gasteiger partial charge is 0.247 e. The quantitative estimate of drug-likeness (QED) is 0.636. The molecule has 1 aromatic carbocycles. The van der Waals surface area contributed by atoms with Crippen molar-refractivity contribution in [3.63, 3.8) is 0 Å². The molecule has 1 amide bonds. The molecule has 0 radical (unpaired) electrons. The molecule has 0 bridgehead atoms. The molecule has 0 aliphatic carbocycles. The second-order valence-electron chi connectivity index (χ2n) is 7.31. The summed E-state index contributed by atoms with van der Waals surface area (Å²) >= 11 is 6.04. The van der Waals surface area contributed by atoms with Gasteiger partial charge in [-0.3, -0.25) is 14.6 Å². The van der Waals surface area contributed by atoms with Crippen LogP contribution in [0.1, 0.15) is 24.6 Å².